The minimum absolute atomic E-state index is 0.166. The molecule has 1 aromatic carbocycles. The molecule has 206 valence electrons. The predicted octanol–water partition coefficient (Wildman–Crippen LogP) is 1.51. The third kappa shape index (κ3) is 6.15. The zero-order valence-electron chi connectivity index (χ0n) is 22.6. The number of benzene rings is 1. The van der Waals surface area contributed by atoms with Crippen LogP contribution in [0.25, 0.3) is 0 Å². The lowest BCUT2D eigenvalue weighted by molar-refractivity contribution is -0.136. The maximum atomic E-state index is 13.1. The number of carbonyl (C=O) groups excluding carboxylic acids is 5. The first-order valence-corrected chi connectivity index (χ1v) is 13.1. The fraction of sp³-hybridized carbons (Fsp3) is 0.593. The van der Waals surface area contributed by atoms with Gasteiger partial charge in [-0.1, -0.05) is 0 Å². The second-order valence-corrected chi connectivity index (χ2v) is 11.2. The standard InChI is InChI=1S/C27H37N5O6/c1-27(2,3)38-26(37)32-10-9-20(16-32)31-13-11-30(12-14-31)19-5-6-21(18(15-19)17-33)25(36)29(4)22-7-8-23(34)28-24(22)35/h5-6,15,17,20,22H,7-14,16H2,1-4H3,(H,28,34,35). The van der Waals surface area contributed by atoms with Crippen molar-refractivity contribution in [1.29, 1.82) is 0 Å². The highest BCUT2D eigenvalue weighted by molar-refractivity contribution is 6.06. The molecule has 3 aliphatic heterocycles. The lowest BCUT2D eigenvalue weighted by Gasteiger charge is -2.39. The summed E-state index contributed by atoms with van der Waals surface area (Å²) in [6, 6.07) is 4.71. The van der Waals surface area contributed by atoms with E-state index in [9.17, 15) is 24.0 Å². The van der Waals surface area contributed by atoms with Gasteiger partial charge in [-0.25, -0.2) is 4.79 Å². The summed E-state index contributed by atoms with van der Waals surface area (Å²) < 4.78 is 5.51. The number of likely N-dealkylation sites (tertiary alicyclic amines) is 1. The molecule has 3 heterocycles. The second-order valence-electron chi connectivity index (χ2n) is 11.2. The number of nitrogens with zero attached hydrogens (tertiary/aromatic N) is 4. The van der Waals surface area contributed by atoms with Gasteiger partial charge in [0.25, 0.3) is 5.91 Å². The number of likely N-dealkylation sites (N-methyl/N-ethyl adjacent to an activating group) is 1. The van der Waals surface area contributed by atoms with Crippen LogP contribution in [-0.2, 0) is 14.3 Å². The summed E-state index contributed by atoms with van der Waals surface area (Å²) in [6.07, 6.45) is 1.72. The molecule has 3 saturated heterocycles. The van der Waals surface area contributed by atoms with E-state index in [-0.39, 0.29) is 42.0 Å². The Morgan fingerprint density at radius 2 is 1.79 bits per heavy atom. The van der Waals surface area contributed by atoms with E-state index >= 15 is 0 Å². The van der Waals surface area contributed by atoms with Crippen molar-refractivity contribution < 1.29 is 28.7 Å². The smallest absolute Gasteiger partial charge is 0.410 e. The van der Waals surface area contributed by atoms with Crippen LogP contribution in [0.2, 0.25) is 0 Å². The molecule has 0 saturated carbocycles. The van der Waals surface area contributed by atoms with E-state index < -0.39 is 23.5 Å². The SMILES string of the molecule is CN(C(=O)c1ccc(N2CCN(C3CCN(C(=O)OC(C)(C)C)C3)CC2)cc1C=O)C1CCC(=O)NC1=O. The number of imide groups is 1. The molecule has 0 spiro atoms. The van der Waals surface area contributed by atoms with Crippen molar-refractivity contribution in [3.8, 4) is 0 Å². The van der Waals surface area contributed by atoms with Gasteiger partial charge in [0.05, 0.1) is 5.56 Å². The minimum atomic E-state index is -0.755. The Hall–Kier alpha value is -3.47. The lowest BCUT2D eigenvalue weighted by atomic mass is 10.0. The van der Waals surface area contributed by atoms with Crippen molar-refractivity contribution in [3.63, 3.8) is 0 Å². The topological polar surface area (TPSA) is 120 Å². The zero-order valence-corrected chi connectivity index (χ0v) is 22.6. The second kappa shape index (κ2) is 11.1. The number of carbonyl (C=O) groups is 5. The molecule has 38 heavy (non-hydrogen) atoms. The molecule has 11 heteroatoms. The Bertz CT molecular complexity index is 1110. The monoisotopic (exact) mass is 527 g/mol. The van der Waals surface area contributed by atoms with Crippen molar-refractivity contribution in [2.24, 2.45) is 0 Å². The number of piperazine rings is 1. The molecule has 0 bridgehead atoms. The normalized spacial score (nSPS) is 22.7. The highest BCUT2D eigenvalue weighted by Gasteiger charge is 2.35. The molecular weight excluding hydrogens is 490 g/mol. The Balaban J connectivity index is 1.35. The Labute approximate surface area is 223 Å². The average molecular weight is 528 g/mol. The summed E-state index contributed by atoms with van der Waals surface area (Å²) in [5, 5.41) is 2.26. The van der Waals surface area contributed by atoms with Gasteiger partial charge >= 0.3 is 6.09 Å². The van der Waals surface area contributed by atoms with E-state index in [2.05, 4.69) is 15.1 Å². The molecular formula is C27H37N5O6. The van der Waals surface area contributed by atoms with Crippen molar-refractivity contribution >= 4 is 35.8 Å². The van der Waals surface area contributed by atoms with Crippen molar-refractivity contribution in [2.45, 2.75) is 57.7 Å². The van der Waals surface area contributed by atoms with Crippen LogP contribution in [0.1, 0.15) is 60.7 Å². The highest BCUT2D eigenvalue weighted by atomic mass is 16.6. The van der Waals surface area contributed by atoms with Gasteiger partial charge in [0.1, 0.15) is 11.6 Å². The van der Waals surface area contributed by atoms with Gasteiger partial charge in [0, 0.05) is 70.0 Å². The van der Waals surface area contributed by atoms with E-state index in [4.69, 9.17) is 4.74 Å². The molecule has 4 amide bonds. The Morgan fingerprint density at radius 1 is 1.08 bits per heavy atom. The zero-order chi connectivity index (χ0) is 27.6. The Kier molecular flexibility index (Phi) is 8.05. The molecule has 1 N–H and O–H groups in total. The van der Waals surface area contributed by atoms with Crippen LogP contribution in [0, 0.1) is 0 Å². The van der Waals surface area contributed by atoms with Crippen molar-refractivity contribution in [1.82, 2.24) is 20.0 Å². The number of hydrogen-bond acceptors (Lipinski definition) is 8. The van der Waals surface area contributed by atoms with Gasteiger partial charge in [-0.05, 0) is 51.8 Å². The largest absolute Gasteiger partial charge is 0.444 e. The number of amides is 4. The van der Waals surface area contributed by atoms with Gasteiger partial charge in [-0.15, -0.1) is 0 Å². The average Bonchev–Trinajstić information content (AvgIpc) is 3.37. The maximum Gasteiger partial charge on any atom is 0.410 e. The van der Waals surface area contributed by atoms with Crippen LogP contribution in [-0.4, -0.2) is 109 Å². The molecule has 2 unspecified atom stereocenters. The van der Waals surface area contributed by atoms with Crippen LogP contribution in [0.15, 0.2) is 18.2 Å². The number of piperidine rings is 1. The van der Waals surface area contributed by atoms with E-state index in [0.717, 1.165) is 38.3 Å². The summed E-state index contributed by atoms with van der Waals surface area (Å²) >= 11 is 0. The van der Waals surface area contributed by atoms with E-state index in [1.165, 1.54) is 11.9 Å². The number of rotatable bonds is 5. The number of anilines is 1. The number of nitrogens with one attached hydrogen (secondary N) is 1. The summed E-state index contributed by atoms with van der Waals surface area (Å²) in [4.78, 5) is 68.7. The van der Waals surface area contributed by atoms with E-state index in [1.54, 1.807) is 17.0 Å². The summed E-state index contributed by atoms with van der Waals surface area (Å²) in [7, 11) is 1.51. The number of aldehydes is 1. The number of ether oxygens (including phenoxy) is 1. The first-order chi connectivity index (χ1) is 18.0. The minimum Gasteiger partial charge on any atom is -0.444 e. The molecule has 0 aromatic heterocycles. The molecule has 2 atom stereocenters. The summed E-state index contributed by atoms with van der Waals surface area (Å²) in [5.74, 6) is -1.29. The number of hydrogen-bond donors (Lipinski definition) is 1. The Morgan fingerprint density at radius 3 is 2.42 bits per heavy atom. The third-order valence-corrected chi connectivity index (χ3v) is 7.40. The highest BCUT2D eigenvalue weighted by Crippen LogP contribution is 2.25. The first kappa shape index (κ1) is 27.6. The van der Waals surface area contributed by atoms with Gasteiger partial charge in [-0.3, -0.25) is 29.4 Å². The summed E-state index contributed by atoms with van der Waals surface area (Å²) in [6.45, 7) is 10.1. The lowest BCUT2D eigenvalue weighted by Crippen LogP contribution is -2.53. The third-order valence-electron chi connectivity index (χ3n) is 7.40. The molecule has 0 radical (unpaired) electrons. The van der Waals surface area contributed by atoms with Crippen molar-refractivity contribution in [2.75, 3.05) is 51.2 Å². The van der Waals surface area contributed by atoms with Crippen molar-refractivity contribution in [3.05, 3.63) is 29.3 Å². The van der Waals surface area contributed by atoms with Crippen LogP contribution in [0.4, 0.5) is 10.5 Å². The van der Waals surface area contributed by atoms with Gasteiger partial charge in [-0.2, -0.15) is 0 Å². The van der Waals surface area contributed by atoms with E-state index in [0.29, 0.717) is 19.4 Å². The fourth-order valence-electron chi connectivity index (χ4n) is 5.30. The van der Waals surface area contributed by atoms with Gasteiger partial charge in [0.2, 0.25) is 11.8 Å². The predicted molar refractivity (Wildman–Crippen MR) is 140 cm³/mol. The van der Waals surface area contributed by atoms with Crippen LogP contribution in [0.3, 0.4) is 0 Å². The maximum absolute atomic E-state index is 13.1. The fourth-order valence-corrected chi connectivity index (χ4v) is 5.30. The van der Waals surface area contributed by atoms with Crippen LogP contribution in [0.5, 0.6) is 0 Å². The molecule has 0 aliphatic carbocycles. The van der Waals surface area contributed by atoms with Crippen LogP contribution < -0.4 is 10.2 Å². The summed E-state index contributed by atoms with van der Waals surface area (Å²) in [5.41, 5.74) is 0.830. The quantitative estimate of drug-likeness (QED) is 0.452. The molecule has 11 nitrogen and oxygen atoms in total. The van der Waals surface area contributed by atoms with Gasteiger partial charge in [0.15, 0.2) is 6.29 Å². The van der Waals surface area contributed by atoms with Crippen LogP contribution >= 0.6 is 0 Å². The van der Waals surface area contributed by atoms with Gasteiger partial charge < -0.3 is 19.4 Å². The van der Waals surface area contributed by atoms with E-state index in [1.807, 2.05) is 26.8 Å². The molecule has 4 rings (SSSR count). The first-order valence-electron chi connectivity index (χ1n) is 13.1. The molecule has 3 fully saturated rings. The molecule has 1 aromatic rings. The molecule has 3 aliphatic rings.